The van der Waals surface area contributed by atoms with Crippen LogP contribution in [0.1, 0.15) is 26.0 Å². The summed E-state index contributed by atoms with van der Waals surface area (Å²) in [5.74, 6) is 1.04. The van der Waals surface area contributed by atoms with Crippen LogP contribution in [0.4, 0.5) is 5.82 Å². The molecule has 0 saturated carbocycles. The van der Waals surface area contributed by atoms with Crippen LogP contribution in [0.3, 0.4) is 0 Å². The fourth-order valence-corrected chi connectivity index (χ4v) is 2.33. The molecule has 0 atom stereocenters. The molecule has 0 aliphatic heterocycles. The van der Waals surface area contributed by atoms with Gasteiger partial charge in [-0.15, -0.1) is 5.10 Å². The Bertz CT molecular complexity index is 654. The Hall–Kier alpha value is -2.37. The van der Waals surface area contributed by atoms with E-state index in [0.717, 1.165) is 22.3 Å². The summed E-state index contributed by atoms with van der Waals surface area (Å²) < 4.78 is 0. The lowest BCUT2D eigenvalue weighted by atomic mass is 10.1. The van der Waals surface area contributed by atoms with Gasteiger partial charge in [0.15, 0.2) is 5.82 Å². The van der Waals surface area contributed by atoms with Crippen molar-refractivity contribution < 1.29 is 5.21 Å². The number of fused-ring (bicyclic) bond motifs is 1. The Morgan fingerprint density at radius 2 is 1.95 bits per heavy atom. The van der Waals surface area contributed by atoms with Crippen molar-refractivity contribution in [2.24, 2.45) is 10.9 Å². The number of aromatic nitrogens is 2. The minimum atomic E-state index is 0.213. The molecule has 0 saturated heterocycles. The van der Waals surface area contributed by atoms with E-state index in [9.17, 15) is 0 Å². The topological polar surface area (TPSA) is 87.6 Å². The van der Waals surface area contributed by atoms with Gasteiger partial charge < -0.3 is 15.8 Å². The van der Waals surface area contributed by atoms with Crippen molar-refractivity contribution in [3.63, 3.8) is 0 Å². The van der Waals surface area contributed by atoms with E-state index in [-0.39, 0.29) is 11.9 Å². The minimum Gasteiger partial charge on any atom is -0.409 e. The van der Waals surface area contributed by atoms with Gasteiger partial charge in [-0.2, -0.15) is 5.10 Å². The van der Waals surface area contributed by atoms with Gasteiger partial charge in [0, 0.05) is 29.8 Å². The third kappa shape index (κ3) is 3.21. The third-order valence-corrected chi connectivity index (χ3v) is 3.49. The molecule has 0 spiro atoms. The highest BCUT2D eigenvalue weighted by Crippen LogP contribution is 2.26. The maximum Gasteiger partial charge on any atom is 0.159 e. The van der Waals surface area contributed by atoms with Gasteiger partial charge in [-0.1, -0.05) is 29.4 Å². The first-order valence-electron chi connectivity index (χ1n) is 6.99. The Morgan fingerprint density at radius 1 is 1.29 bits per heavy atom. The highest BCUT2D eigenvalue weighted by molar-refractivity contribution is 5.93. The van der Waals surface area contributed by atoms with E-state index in [1.54, 1.807) is 0 Å². The van der Waals surface area contributed by atoms with Gasteiger partial charge in [-0.05, 0) is 20.8 Å². The van der Waals surface area contributed by atoms with Gasteiger partial charge in [0.1, 0.15) is 5.84 Å². The van der Waals surface area contributed by atoms with E-state index in [4.69, 9.17) is 10.9 Å². The van der Waals surface area contributed by atoms with Crippen LogP contribution in [-0.4, -0.2) is 33.8 Å². The van der Waals surface area contributed by atoms with Gasteiger partial charge in [0.2, 0.25) is 0 Å². The van der Waals surface area contributed by atoms with Crippen LogP contribution in [0.15, 0.2) is 29.4 Å². The number of aryl methyl sites for hydroxylation is 1. The van der Waals surface area contributed by atoms with Crippen molar-refractivity contribution in [2.75, 3.05) is 11.4 Å². The molecule has 0 bridgehead atoms. The molecule has 2 rings (SSSR count). The van der Waals surface area contributed by atoms with Gasteiger partial charge in [0.25, 0.3) is 0 Å². The molecule has 0 radical (unpaired) electrons. The second-order valence-electron chi connectivity index (χ2n) is 5.28. The van der Waals surface area contributed by atoms with Crippen molar-refractivity contribution >= 4 is 22.4 Å². The minimum absolute atomic E-state index is 0.213. The normalized spacial score (nSPS) is 12.1. The van der Waals surface area contributed by atoms with Gasteiger partial charge in [-0.25, -0.2) is 0 Å². The van der Waals surface area contributed by atoms with E-state index in [0.29, 0.717) is 13.0 Å². The number of anilines is 1. The van der Waals surface area contributed by atoms with Crippen LogP contribution >= 0.6 is 0 Å². The van der Waals surface area contributed by atoms with Crippen molar-refractivity contribution in [1.82, 2.24) is 10.2 Å². The fourth-order valence-electron chi connectivity index (χ4n) is 2.33. The average Bonchev–Trinajstić information content (AvgIpc) is 2.49. The number of hydrogen-bond acceptors (Lipinski definition) is 5. The van der Waals surface area contributed by atoms with E-state index in [1.807, 2.05) is 31.2 Å². The number of benzene rings is 1. The van der Waals surface area contributed by atoms with E-state index < -0.39 is 0 Å². The zero-order valence-electron chi connectivity index (χ0n) is 12.6. The lowest BCUT2D eigenvalue weighted by molar-refractivity contribution is 0.317. The lowest BCUT2D eigenvalue weighted by Crippen LogP contribution is -2.35. The molecule has 0 amide bonds. The summed E-state index contributed by atoms with van der Waals surface area (Å²) >= 11 is 0. The molecule has 1 aromatic heterocycles. The number of nitrogens with zero attached hydrogens (tertiary/aromatic N) is 4. The third-order valence-electron chi connectivity index (χ3n) is 3.49. The van der Waals surface area contributed by atoms with Gasteiger partial charge in [-0.3, -0.25) is 0 Å². The molecule has 6 heteroatoms. The maximum atomic E-state index is 8.68. The molecular weight excluding hydrogens is 266 g/mol. The molecule has 21 heavy (non-hydrogen) atoms. The molecule has 3 N–H and O–H groups in total. The zero-order chi connectivity index (χ0) is 15.4. The van der Waals surface area contributed by atoms with Gasteiger partial charge in [0.05, 0.1) is 5.69 Å². The van der Waals surface area contributed by atoms with Crippen molar-refractivity contribution in [1.29, 1.82) is 0 Å². The molecular formula is C15H21N5O. The summed E-state index contributed by atoms with van der Waals surface area (Å²) in [6, 6.07) is 8.32. The van der Waals surface area contributed by atoms with E-state index in [2.05, 4.69) is 34.1 Å². The first kappa shape index (κ1) is 15.0. The molecule has 1 aromatic carbocycles. The SMILES string of the molecule is Cc1nnc(N(CCC(N)=NO)C(C)C)c2ccccc12. The van der Waals surface area contributed by atoms with Crippen LogP contribution in [-0.2, 0) is 0 Å². The lowest BCUT2D eigenvalue weighted by Gasteiger charge is -2.28. The predicted molar refractivity (Wildman–Crippen MR) is 84.8 cm³/mol. The second kappa shape index (κ2) is 6.39. The number of oxime groups is 1. The molecule has 112 valence electrons. The molecule has 0 aliphatic carbocycles. The molecule has 6 nitrogen and oxygen atoms in total. The number of amidine groups is 1. The van der Waals surface area contributed by atoms with Crippen LogP contribution in [0.5, 0.6) is 0 Å². The first-order valence-corrected chi connectivity index (χ1v) is 6.99. The number of nitrogens with two attached hydrogens (primary N) is 1. The quantitative estimate of drug-likeness (QED) is 0.381. The molecule has 0 unspecified atom stereocenters. The first-order chi connectivity index (χ1) is 10.0. The summed E-state index contributed by atoms with van der Waals surface area (Å²) in [6.07, 6.45) is 0.471. The van der Waals surface area contributed by atoms with Crippen LogP contribution < -0.4 is 10.6 Å². The van der Waals surface area contributed by atoms with Crippen molar-refractivity contribution in [3.05, 3.63) is 30.0 Å². The summed E-state index contributed by atoms with van der Waals surface area (Å²) in [7, 11) is 0. The number of rotatable bonds is 5. The van der Waals surface area contributed by atoms with Crippen LogP contribution in [0.2, 0.25) is 0 Å². The molecule has 0 fully saturated rings. The predicted octanol–water partition coefficient (Wildman–Crippen LogP) is 2.29. The standard InChI is InChI=1S/C15H21N5O/c1-10(2)20(9-8-14(16)19-21)15-13-7-5-4-6-12(13)11(3)17-18-15/h4-7,10,21H,8-9H2,1-3H3,(H2,16,19). The van der Waals surface area contributed by atoms with Crippen molar-refractivity contribution in [2.45, 2.75) is 33.2 Å². The van der Waals surface area contributed by atoms with Crippen LogP contribution in [0.25, 0.3) is 10.8 Å². The monoisotopic (exact) mass is 287 g/mol. The Balaban J connectivity index is 2.43. The van der Waals surface area contributed by atoms with E-state index >= 15 is 0 Å². The smallest absolute Gasteiger partial charge is 0.159 e. The fraction of sp³-hybridized carbons (Fsp3) is 0.400. The molecule has 1 heterocycles. The summed E-state index contributed by atoms with van der Waals surface area (Å²) in [4.78, 5) is 2.12. The molecule has 0 aliphatic rings. The Kier molecular flexibility index (Phi) is 4.57. The van der Waals surface area contributed by atoms with Crippen LogP contribution in [0, 0.1) is 6.92 Å². The summed E-state index contributed by atoms with van der Waals surface area (Å²) in [6.45, 7) is 6.75. The molecule has 2 aromatic rings. The van der Waals surface area contributed by atoms with E-state index in [1.165, 1.54) is 0 Å². The highest BCUT2D eigenvalue weighted by atomic mass is 16.4. The van der Waals surface area contributed by atoms with Gasteiger partial charge >= 0.3 is 0 Å². The Labute approximate surface area is 124 Å². The maximum absolute atomic E-state index is 8.68. The highest BCUT2D eigenvalue weighted by Gasteiger charge is 2.17. The Morgan fingerprint density at radius 3 is 2.57 bits per heavy atom. The average molecular weight is 287 g/mol. The zero-order valence-corrected chi connectivity index (χ0v) is 12.6. The van der Waals surface area contributed by atoms with Crippen molar-refractivity contribution in [3.8, 4) is 0 Å². The largest absolute Gasteiger partial charge is 0.409 e. The number of hydrogen-bond donors (Lipinski definition) is 2. The second-order valence-corrected chi connectivity index (χ2v) is 5.28. The summed E-state index contributed by atoms with van der Waals surface area (Å²) in [5.41, 5.74) is 6.49. The summed E-state index contributed by atoms with van der Waals surface area (Å²) in [5, 5.41) is 22.5.